The molecule has 0 radical (unpaired) electrons. The Hall–Kier alpha value is -1.81. The molecule has 4 nitrogen and oxygen atoms in total. The summed E-state index contributed by atoms with van der Waals surface area (Å²) in [5.74, 6) is 0. The summed E-state index contributed by atoms with van der Waals surface area (Å²) in [5, 5.41) is 9.87. The highest BCUT2D eigenvalue weighted by Crippen LogP contribution is 2.15. The maximum absolute atomic E-state index is 9.87. The standard InChI is InChI=1S/C11H11N3O/c15-11(10-6-13-8-14-7-10)4-9-2-1-3-12-5-9/h1-3,5-8,11,15H,4H2. The van der Waals surface area contributed by atoms with Gasteiger partial charge < -0.3 is 5.11 Å². The minimum absolute atomic E-state index is 0.529. The summed E-state index contributed by atoms with van der Waals surface area (Å²) in [4.78, 5) is 11.7. The van der Waals surface area contributed by atoms with Gasteiger partial charge in [0.15, 0.2) is 0 Å². The van der Waals surface area contributed by atoms with E-state index in [1.54, 1.807) is 24.8 Å². The third kappa shape index (κ3) is 2.57. The molecule has 0 saturated heterocycles. The van der Waals surface area contributed by atoms with Gasteiger partial charge in [-0.1, -0.05) is 6.07 Å². The Kier molecular flexibility index (Phi) is 2.99. The van der Waals surface area contributed by atoms with Crippen molar-refractivity contribution in [3.8, 4) is 0 Å². The maximum atomic E-state index is 9.87. The van der Waals surface area contributed by atoms with Gasteiger partial charge in [-0.25, -0.2) is 9.97 Å². The molecule has 0 aliphatic carbocycles. The van der Waals surface area contributed by atoms with Crippen LogP contribution in [0.5, 0.6) is 0 Å². The number of hydrogen-bond donors (Lipinski definition) is 1. The summed E-state index contributed by atoms with van der Waals surface area (Å²) in [6, 6.07) is 3.78. The van der Waals surface area contributed by atoms with Crippen LogP contribution in [0, 0.1) is 0 Å². The Labute approximate surface area is 87.7 Å². The van der Waals surface area contributed by atoms with Crippen LogP contribution in [0.4, 0.5) is 0 Å². The summed E-state index contributed by atoms with van der Waals surface area (Å²) >= 11 is 0. The van der Waals surface area contributed by atoms with Crippen LogP contribution in [0.2, 0.25) is 0 Å². The summed E-state index contributed by atoms with van der Waals surface area (Å²) in [6.45, 7) is 0. The summed E-state index contributed by atoms with van der Waals surface area (Å²) < 4.78 is 0. The average Bonchev–Trinajstić information content (AvgIpc) is 2.31. The third-order valence-electron chi connectivity index (χ3n) is 2.12. The molecule has 0 saturated carbocycles. The van der Waals surface area contributed by atoms with E-state index in [0.717, 1.165) is 11.1 Å². The average molecular weight is 201 g/mol. The fourth-order valence-electron chi connectivity index (χ4n) is 1.34. The van der Waals surface area contributed by atoms with Crippen molar-refractivity contribution in [3.63, 3.8) is 0 Å². The van der Waals surface area contributed by atoms with Crippen LogP contribution in [0.1, 0.15) is 17.2 Å². The van der Waals surface area contributed by atoms with Gasteiger partial charge in [0.05, 0.1) is 6.10 Å². The minimum Gasteiger partial charge on any atom is -0.388 e. The lowest BCUT2D eigenvalue weighted by molar-refractivity contribution is 0.177. The Morgan fingerprint density at radius 1 is 1.13 bits per heavy atom. The van der Waals surface area contributed by atoms with Gasteiger partial charge in [-0.2, -0.15) is 0 Å². The van der Waals surface area contributed by atoms with Gasteiger partial charge in [-0.3, -0.25) is 4.98 Å². The largest absolute Gasteiger partial charge is 0.388 e. The van der Waals surface area contributed by atoms with E-state index in [0.29, 0.717) is 6.42 Å². The molecule has 0 spiro atoms. The van der Waals surface area contributed by atoms with Crippen molar-refractivity contribution in [2.24, 2.45) is 0 Å². The van der Waals surface area contributed by atoms with Crippen molar-refractivity contribution in [1.82, 2.24) is 15.0 Å². The zero-order chi connectivity index (χ0) is 10.5. The first-order valence-corrected chi connectivity index (χ1v) is 4.68. The molecule has 1 unspecified atom stereocenters. The van der Waals surface area contributed by atoms with Gasteiger partial charge in [-0.15, -0.1) is 0 Å². The minimum atomic E-state index is -0.574. The normalized spacial score (nSPS) is 12.3. The van der Waals surface area contributed by atoms with Gasteiger partial charge in [0, 0.05) is 36.8 Å². The number of aromatic nitrogens is 3. The van der Waals surface area contributed by atoms with E-state index in [1.165, 1.54) is 6.33 Å². The van der Waals surface area contributed by atoms with Crippen molar-refractivity contribution >= 4 is 0 Å². The van der Waals surface area contributed by atoms with Gasteiger partial charge in [-0.05, 0) is 11.6 Å². The first kappa shape index (κ1) is 9.73. The van der Waals surface area contributed by atoms with Crippen molar-refractivity contribution in [3.05, 3.63) is 54.4 Å². The molecule has 0 aliphatic heterocycles. The van der Waals surface area contributed by atoms with Crippen LogP contribution in [-0.4, -0.2) is 20.1 Å². The Bertz CT molecular complexity index is 405. The number of aliphatic hydroxyl groups excluding tert-OH is 1. The second-order valence-corrected chi connectivity index (χ2v) is 3.25. The highest BCUT2D eigenvalue weighted by atomic mass is 16.3. The molecule has 15 heavy (non-hydrogen) atoms. The van der Waals surface area contributed by atoms with E-state index in [1.807, 2.05) is 12.1 Å². The van der Waals surface area contributed by atoms with Crippen LogP contribution in [-0.2, 0) is 6.42 Å². The quantitative estimate of drug-likeness (QED) is 0.809. The molecule has 4 heteroatoms. The van der Waals surface area contributed by atoms with Crippen molar-refractivity contribution in [2.45, 2.75) is 12.5 Å². The SMILES string of the molecule is OC(Cc1cccnc1)c1cncnc1. The van der Waals surface area contributed by atoms with E-state index >= 15 is 0 Å². The Morgan fingerprint density at radius 2 is 1.93 bits per heavy atom. The van der Waals surface area contributed by atoms with Crippen molar-refractivity contribution in [1.29, 1.82) is 0 Å². The molecular weight excluding hydrogens is 190 g/mol. The molecule has 0 fully saturated rings. The maximum Gasteiger partial charge on any atom is 0.115 e. The number of aliphatic hydroxyl groups is 1. The number of nitrogens with zero attached hydrogens (tertiary/aromatic N) is 3. The molecule has 0 amide bonds. The lowest BCUT2D eigenvalue weighted by Gasteiger charge is -2.09. The lowest BCUT2D eigenvalue weighted by Crippen LogP contribution is -2.02. The van der Waals surface area contributed by atoms with Crippen LogP contribution in [0.25, 0.3) is 0 Å². The van der Waals surface area contributed by atoms with Crippen LogP contribution >= 0.6 is 0 Å². The van der Waals surface area contributed by atoms with Crippen LogP contribution in [0.3, 0.4) is 0 Å². The van der Waals surface area contributed by atoms with E-state index in [2.05, 4.69) is 15.0 Å². The second-order valence-electron chi connectivity index (χ2n) is 3.25. The van der Waals surface area contributed by atoms with Crippen molar-refractivity contribution in [2.75, 3.05) is 0 Å². The molecule has 2 heterocycles. The molecule has 0 bridgehead atoms. The molecule has 1 atom stereocenters. The highest BCUT2D eigenvalue weighted by molar-refractivity contribution is 5.15. The van der Waals surface area contributed by atoms with E-state index in [4.69, 9.17) is 0 Å². The predicted molar refractivity (Wildman–Crippen MR) is 54.9 cm³/mol. The molecule has 2 aromatic rings. The van der Waals surface area contributed by atoms with Crippen molar-refractivity contribution < 1.29 is 5.11 Å². The van der Waals surface area contributed by atoms with E-state index in [-0.39, 0.29) is 0 Å². The van der Waals surface area contributed by atoms with Crippen LogP contribution in [0.15, 0.2) is 43.2 Å². The Balaban J connectivity index is 2.08. The zero-order valence-corrected chi connectivity index (χ0v) is 8.11. The van der Waals surface area contributed by atoms with E-state index in [9.17, 15) is 5.11 Å². The summed E-state index contributed by atoms with van der Waals surface area (Å²) in [5.41, 5.74) is 1.72. The topological polar surface area (TPSA) is 58.9 Å². The second kappa shape index (κ2) is 4.61. The van der Waals surface area contributed by atoms with Gasteiger partial charge in [0.1, 0.15) is 6.33 Å². The Morgan fingerprint density at radius 3 is 2.60 bits per heavy atom. The van der Waals surface area contributed by atoms with E-state index < -0.39 is 6.10 Å². The molecule has 2 rings (SSSR count). The lowest BCUT2D eigenvalue weighted by atomic mass is 10.1. The zero-order valence-electron chi connectivity index (χ0n) is 8.11. The van der Waals surface area contributed by atoms with Crippen LogP contribution < -0.4 is 0 Å². The van der Waals surface area contributed by atoms with Gasteiger partial charge in [0.25, 0.3) is 0 Å². The first-order valence-electron chi connectivity index (χ1n) is 4.68. The fraction of sp³-hybridized carbons (Fsp3) is 0.182. The monoisotopic (exact) mass is 201 g/mol. The smallest absolute Gasteiger partial charge is 0.115 e. The highest BCUT2D eigenvalue weighted by Gasteiger charge is 2.08. The number of hydrogen-bond acceptors (Lipinski definition) is 4. The summed E-state index contributed by atoms with van der Waals surface area (Å²) in [6.07, 6.45) is 8.09. The number of pyridine rings is 1. The first-order chi connectivity index (χ1) is 7.36. The molecular formula is C11H11N3O. The number of rotatable bonds is 3. The molecule has 76 valence electrons. The predicted octanol–water partition coefficient (Wildman–Crippen LogP) is 1.15. The third-order valence-corrected chi connectivity index (χ3v) is 2.12. The summed E-state index contributed by atoms with van der Waals surface area (Å²) in [7, 11) is 0. The van der Waals surface area contributed by atoms with Gasteiger partial charge in [0.2, 0.25) is 0 Å². The molecule has 2 aromatic heterocycles. The van der Waals surface area contributed by atoms with Gasteiger partial charge >= 0.3 is 0 Å². The molecule has 0 aliphatic rings. The molecule has 0 aromatic carbocycles. The fourth-order valence-corrected chi connectivity index (χ4v) is 1.34. The molecule has 1 N–H and O–H groups in total.